The van der Waals surface area contributed by atoms with Crippen LogP contribution in [0.5, 0.6) is 0 Å². The van der Waals surface area contributed by atoms with Crippen LogP contribution in [-0.4, -0.2) is 49.5 Å². The van der Waals surface area contributed by atoms with Crippen LogP contribution in [0, 0.1) is 0 Å². The van der Waals surface area contributed by atoms with Crippen LogP contribution in [0.3, 0.4) is 0 Å². The van der Waals surface area contributed by atoms with E-state index in [9.17, 15) is 4.79 Å². The molecule has 0 saturated carbocycles. The SMILES string of the molecule is CN(C)C(=O)C1=C[C@@H](c2ccc(Br)cc2)C[C@@H](OCCCCO)O1. The van der Waals surface area contributed by atoms with E-state index in [0.717, 1.165) is 16.5 Å². The first-order chi connectivity index (χ1) is 11.5. The van der Waals surface area contributed by atoms with E-state index in [1.54, 1.807) is 14.1 Å². The summed E-state index contributed by atoms with van der Waals surface area (Å²) in [7, 11) is 3.40. The van der Waals surface area contributed by atoms with Gasteiger partial charge in [0, 0.05) is 37.5 Å². The average molecular weight is 398 g/mol. The second-order valence-electron chi connectivity index (χ2n) is 5.97. The van der Waals surface area contributed by atoms with E-state index in [1.165, 1.54) is 4.90 Å². The van der Waals surface area contributed by atoms with Crippen molar-refractivity contribution in [2.24, 2.45) is 0 Å². The molecule has 1 heterocycles. The fourth-order valence-corrected chi connectivity index (χ4v) is 2.77. The van der Waals surface area contributed by atoms with E-state index in [1.807, 2.05) is 30.3 Å². The number of nitrogens with zero attached hydrogens (tertiary/aromatic N) is 1. The minimum atomic E-state index is -0.457. The lowest BCUT2D eigenvalue weighted by molar-refractivity contribution is -0.151. The van der Waals surface area contributed by atoms with Crippen molar-refractivity contribution in [1.82, 2.24) is 4.90 Å². The van der Waals surface area contributed by atoms with Crippen LogP contribution >= 0.6 is 15.9 Å². The van der Waals surface area contributed by atoms with Gasteiger partial charge < -0.3 is 19.5 Å². The molecule has 6 heteroatoms. The second-order valence-corrected chi connectivity index (χ2v) is 6.89. The summed E-state index contributed by atoms with van der Waals surface area (Å²) in [5.74, 6) is 0.223. The van der Waals surface area contributed by atoms with E-state index in [4.69, 9.17) is 14.6 Å². The number of allylic oxidation sites excluding steroid dienone is 1. The lowest BCUT2D eigenvalue weighted by atomic mass is 9.93. The lowest BCUT2D eigenvalue weighted by Gasteiger charge is -2.30. The largest absolute Gasteiger partial charge is 0.459 e. The van der Waals surface area contributed by atoms with E-state index in [0.29, 0.717) is 25.2 Å². The van der Waals surface area contributed by atoms with Gasteiger partial charge in [-0.3, -0.25) is 4.79 Å². The fraction of sp³-hybridized carbons (Fsp3) is 0.500. The monoisotopic (exact) mass is 397 g/mol. The lowest BCUT2D eigenvalue weighted by Crippen LogP contribution is -2.32. The molecule has 2 rings (SSSR count). The molecule has 0 unspecified atom stereocenters. The van der Waals surface area contributed by atoms with Gasteiger partial charge >= 0.3 is 0 Å². The number of unbranched alkanes of at least 4 members (excludes halogenated alkanes) is 1. The Morgan fingerprint density at radius 2 is 2.04 bits per heavy atom. The molecular formula is C18H24BrNO4. The smallest absolute Gasteiger partial charge is 0.288 e. The Kier molecular flexibility index (Phi) is 7.27. The van der Waals surface area contributed by atoms with Crippen LogP contribution in [0.1, 0.15) is 30.7 Å². The van der Waals surface area contributed by atoms with Gasteiger partial charge in [0.05, 0.1) is 6.61 Å². The molecule has 1 amide bonds. The van der Waals surface area contributed by atoms with Gasteiger partial charge in [0.2, 0.25) is 6.29 Å². The first-order valence-electron chi connectivity index (χ1n) is 8.09. The molecular weight excluding hydrogens is 374 g/mol. The summed E-state index contributed by atoms with van der Waals surface area (Å²) in [5.41, 5.74) is 1.12. The Balaban J connectivity index is 2.13. The van der Waals surface area contributed by atoms with Crippen LogP contribution in [-0.2, 0) is 14.3 Å². The van der Waals surface area contributed by atoms with Crippen molar-refractivity contribution >= 4 is 21.8 Å². The van der Waals surface area contributed by atoms with Crippen LogP contribution in [0.4, 0.5) is 0 Å². The summed E-state index contributed by atoms with van der Waals surface area (Å²) >= 11 is 3.44. The van der Waals surface area contributed by atoms with Crippen molar-refractivity contribution < 1.29 is 19.4 Å². The van der Waals surface area contributed by atoms with Crippen LogP contribution < -0.4 is 0 Å². The van der Waals surface area contributed by atoms with Gasteiger partial charge in [0.15, 0.2) is 5.76 Å². The molecule has 5 nitrogen and oxygen atoms in total. The van der Waals surface area contributed by atoms with Crippen molar-refractivity contribution in [3.05, 3.63) is 46.1 Å². The highest BCUT2D eigenvalue weighted by Crippen LogP contribution is 2.32. The molecule has 0 bridgehead atoms. The Bertz CT molecular complexity index is 571. The summed E-state index contributed by atoms with van der Waals surface area (Å²) < 4.78 is 12.5. The maximum Gasteiger partial charge on any atom is 0.288 e. The van der Waals surface area contributed by atoms with E-state index >= 15 is 0 Å². The Labute approximate surface area is 151 Å². The third kappa shape index (κ3) is 5.33. The number of rotatable bonds is 7. The zero-order chi connectivity index (χ0) is 17.5. The third-order valence-corrected chi connectivity index (χ3v) is 4.36. The van der Waals surface area contributed by atoms with Gasteiger partial charge in [-0.05, 0) is 36.6 Å². The first kappa shape index (κ1) is 19.0. The molecule has 0 aromatic heterocycles. The Morgan fingerprint density at radius 3 is 2.67 bits per heavy atom. The minimum absolute atomic E-state index is 0.0635. The number of carbonyl (C=O) groups excluding carboxylic acids is 1. The molecule has 1 aromatic rings. The summed E-state index contributed by atoms with van der Waals surface area (Å²) in [6.45, 7) is 0.655. The molecule has 0 spiro atoms. The maximum absolute atomic E-state index is 12.3. The molecule has 1 aliphatic rings. The normalized spacial score (nSPS) is 20.2. The molecule has 24 heavy (non-hydrogen) atoms. The Hall–Kier alpha value is -1.37. The zero-order valence-corrected chi connectivity index (χ0v) is 15.7. The number of halogens is 1. The van der Waals surface area contributed by atoms with Gasteiger partial charge in [0.25, 0.3) is 5.91 Å². The van der Waals surface area contributed by atoms with Gasteiger partial charge in [-0.15, -0.1) is 0 Å². The number of aliphatic hydroxyl groups excluding tert-OH is 1. The summed E-state index contributed by atoms with van der Waals surface area (Å²) in [5, 5.41) is 8.84. The summed E-state index contributed by atoms with van der Waals surface area (Å²) in [6.07, 6.45) is 3.54. The molecule has 1 N–H and O–H groups in total. The molecule has 0 fully saturated rings. The van der Waals surface area contributed by atoms with Crippen LogP contribution in [0.25, 0.3) is 0 Å². The van der Waals surface area contributed by atoms with Crippen molar-refractivity contribution in [2.45, 2.75) is 31.5 Å². The number of hydrogen-bond acceptors (Lipinski definition) is 4. The van der Waals surface area contributed by atoms with Crippen molar-refractivity contribution in [2.75, 3.05) is 27.3 Å². The number of likely N-dealkylation sites (N-methyl/N-ethyl adjacent to an activating group) is 1. The van der Waals surface area contributed by atoms with Crippen molar-refractivity contribution in [1.29, 1.82) is 0 Å². The fourth-order valence-electron chi connectivity index (χ4n) is 2.50. The van der Waals surface area contributed by atoms with E-state index in [-0.39, 0.29) is 18.4 Å². The standard InChI is InChI=1S/C18H24BrNO4/c1-20(2)18(22)16-11-14(13-5-7-15(19)8-6-13)12-17(24-16)23-10-4-3-9-21/h5-8,11,14,17,21H,3-4,9-10,12H2,1-2H3/t14-,17+/m1/s1. The summed E-state index contributed by atoms with van der Waals surface area (Å²) in [6, 6.07) is 8.06. The number of aliphatic hydroxyl groups is 1. The van der Waals surface area contributed by atoms with Gasteiger partial charge in [-0.2, -0.15) is 0 Å². The van der Waals surface area contributed by atoms with Gasteiger partial charge in [0.1, 0.15) is 0 Å². The molecule has 0 aliphatic carbocycles. The second kappa shape index (κ2) is 9.20. The predicted octanol–water partition coefficient (Wildman–Crippen LogP) is 3.04. The molecule has 0 radical (unpaired) electrons. The zero-order valence-electron chi connectivity index (χ0n) is 14.1. The molecule has 132 valence electrons. The van der Waals surface area contributed by atoms with E-state index in [2.05, 4.69) is 15.9 Å². The highest BCUT2D eigenvalue weighted by atomic mass is 79.9. The molecule has 1 aliphatic heterocycles. The Morgan fingerprint density at radius 1 is 1.33 bits per heavy atom. The third-order valence-electron chi connectivity index (χ3n) is 3.83. The number of amides is 1. The van der Waals surface area contributed by atoms with Crippen molar-refractivity contribution in [3.63, 3.8) is 0 Å². The molecule has 0 saturated heterocycles. The van der Waals surface area contributed by atoms with Crippen molar-refractivity contribution in [3.8, 4) is 0 Å². The first-order valence-corrected chi connectivity index (χ1v) is 8.88. The number of benzene rings is 1. The molecule has 1 aromatic carbocycles. The summed E-state index contributed by atoms with van der Waals surface area (Å²) in [4.78, 5) is 13.8. The van der Waals surface area contributed by atoms with Gasteiger partial charge in [-0.25, -0.2) is 0 Å². The van der Waals surface area contributed by atoms with Crippen LogP contribution in [0.2, 0.25) is 0 Å². The highest BCUT2D eigenvalue weighted by Gasteiger charge is 2.29. The topological polar surface area (TPSA) is 59.0 Å². The average Bonchev–Trinajstić information content (AvgIpc) is 2.58. The number of ether oxygens (including phenoxy) is 2. The van der Waals surface area contributed by atoms with Gasteiger partial charge in [-0.1, -0.05) is 28.1 Å². The highest BCUT2D eigenvalue weighted by molar-refractivity contribution is 9.10. The maximum atomic E-state index is 12.3. The molecule has 2 atom stereocenters. The van der Waals surface area contributed by atoms with E-state index < -0.39 is 6.29 Å². The number of carbonyl (C=O) groups is 1. The predicted molar refractivity (Wildman–Crippen MR) is 95.4 cm³/mol. The minimum Gasteiger partial charge on any atom is -0.459 e. The number of hydrogen-bond donors (Lipinski definition) is 1. The van der Waals surface area contributed by atoms with Crippen LogP contribution in [0.15, 0.2) is 40.6 Å². The quantitative estimate of drug-likeness (QED) is 0.718.